The van der Waals surface area contributed by atoms with Crippen LogP contribution in [0.15, 0.2) is 22.3 Å². The molecule has 1 amide bonds. The number of hydrogen-bond donors (Lipinski definition) is 1. The summed E-state index contributed by atoms with van der Waals surface area (Å²) in [5.74, 6) is 0.892. The number of amides is 1. The minimum Gasteiger partial charge on any atom is -0.368 e. The van der Waals surface area contributed by atoms with Crippen LogP contribution in [0, 0.1) is 0 Å². The molecule has 0 bridgehead atoms. The van der Waals surface area contributed by atoms with Gasteiger partial charge in [0, 0.05) is 37.3 Å². The van der Waals surface area contributed by atoms with Gasteiger partial charge in [0.1, 0.15) is 11.8 Å². The number of thiazole rings is 1. The highest BCUT2D eigenvalue weighted by Crippen LogP contribution is 2.26. The lowest BCUT2D eigenvalue weighted by molar-refractivity contribution is 0.0835. The summed E-state index contributed by atoms with van der Waals surface area (Å²) < 4.78 is 12.5. The van der Waals surface area contributed by atoms with Crippen LogP contribution in [0.25, 0.3) is 4.96 Å². The normalized spacial score (nSPS) is 17.8. The molecule has 0 spiro atoms. The average Bonchev–Trinajstić information content (AvgIpc) is 3.29. The number of imidazole rings is 1. The molecule has 0 radical (unpaired) electrons. The molecule has 4 heterocycles. The molecule has 0 aliphatic carbocycles. The van der Waals surface area contributed by atoms with Crippen LogP contribution in [0.3, 0.4) is 0 Å². The highest BCUT2D eigenvalue weighted by Gasteiger charge is 2.23. The summed E-state index contributed by atoms with van der Waals surface area (Å²) in [6.07, 6.45) is 5.94. The Morgan fingerprint density at radius 3 is 3.26 bits per heavy atom. The summed E-state index contributed by atoms with van der Waals surface area (Å²) in [5, 5.41) is 8.66. The molecular formula is C14H15N5O3S. The molecule has 1 aliphatic heterocycles. The Bertz CT molecular complexity index is 789. The summed E-state index contributed by atoms with van der Waals surface area (Å²) in [6, 6.07) is 0. The lowest BCUT2D eigenvalue weighted by Crippen LogP contribution is -2.26. The molecule has 1 atom stereocenters. The number of nitrogens with one attached hydrogen (secondary N) is 1. The molecule has 1 N–H and O–H groups in total. The number of hydrogen-bond acceptors (Lipinski definition) is 7. The number of carbonyl (C=O) groups is 1. The van der Waals surface area contributed by atoms with Gasteiger partial charge in [0.2, 0.25) is 0 Å². The first-order chi connectivity index (χ1) is 11.3. The largest absolute Gasteiger partial charge is 0.368 e. The summed E-state index contributed by atoms with van der Waals surface area (Å²) in [4.78, 5) is 21.4. The number of nitrogens with zero attached hydrogens (tertiary/aromatic N) is 4. The summed E-state index contributed by atoms with van der Waals surface area (Å²) in [6.45, 7) is 1.16. The van der Waals surface area contributed by atoms with Crippen molar-refractivity contribution in [1.82, 2.24) is 24.8 Å². The maximum atomic E-state index is 12.1. The van der Waals surface area contributed by atoms with E-state index in [-0.39, 0.29) is 12.0 Å². The standard InChI is InChI=1S/C14H15N5O3S/c20-12(9-8-19-5-7-23-14(19)16-9)15-4-3-11-17-13(22-18-11)10-2-1-6-21-10/h5,7-8,10H,1-4,6H2,(H,15,20)/t10-/m0/s1. The van der Waals surface area contributed by atoms with Gasteiger partial charge in [-0.2, -0.15) is 4.98 Å². The monoisotopic (exact) mass is 333 g/mol. The van der Waals surface area contributed by atoms with E-state index < -0.39 is 0 Å². The fourth-order valence-corrected chi connectivity index (χ4v) is 3.19. The third kappa shape index (κ3) is 2.97. The highest BCUT2D eigenvalue weighted by atomic mass is 32.1. The van der Waals surface area contributed by atoms with E-state index in [2.05, 4.69) is 20.4 Å². The first kappa shape index (κ1) is 14.3. The number of carbonyl (C=O) groups excluding carboxylic acids is 1. The van der Waals surface area contributed by atoms with Gasteiger partial charge in [0.05, 0.1) is 0 Å². The maximum absolute atomic E-state index is 12.1. The van der Waals surface area contributed by atoms with Gasteiger partial charge >= 0.3 is 0 Å². The minimum atomic E-state index is -0.205. The molecule has 1 saturated heterocycles. The zero-order chi connectivity index (χ0) is 15.6. The molecule has 1 fully saturated rings. The number of fused-ring (bicyclic) bond motifs is 1. The van der Waals surface area contributed by atoms with Crippen LogP contribution in [-0.2, 0) is 11.2 Å². The number of rotatable bonds is 5. The molecule has 0 unspecified atom stereocenters. The fraction of sp³-hybridized carbons (Fsp3) is 0.429. The molecule has 8 nitrogen and oxygen atoms in total. The van der Waals surface area contributed by atoms with Crippen molar-refractivity contribution in [2.75, 3.05) is 13.2 Å². The van der Waals surface area contributed by atoms with Gasteiger partial charge in [0.25, 0.3) is 11.8 Å². The second kappa shape index (κ2) is 6.09. The van der Waals surface area contributed by atoms with E-state index in [1.807, 2.05) is 16.0 Å². The Labute approximate surface area is 135 Å². The van der Waals surface area contributed by atoms with Gasteiger partial charge in [-0.25, -0.2) is 4.98 Å². The van der Waals surface area contributed by atoms with Crippen LogP contribution in [0.4, 0.5) is 0 Å². The van der Waals surface area contributed by atoms with Crippen molar-refractivity contribution in [2.24, 2.45) is 0 Å². The Kier molecular flexibility index (Phi) is 3.80. The highest BCUT2D eigenvalue weighted by molar-refractivity contribution is 7.15. The second-order valence-electron chi connectivity index (χ2n) is 5.28. The van der Waals surface area contributed by atoms with E-state index in [0.717, 1.165) is 24.4 Å². The first-order valence-corrected chi connectivity index (χ1v) is 8.32. The number of ether oxygens (including phenoxy) is 1. The Hall–Kier alpha value is -2.26. The van der Waals surface area contributed by atoms with Crippen molar-refractivity contribution < 1.29 is 14.1 Å². The van der Waals surface area contributed by atoms with Crippen LogP contribution in [0.5, 0.6) is 0 Å². The predicted octanol–water partition coefficient (Wildman–Crippen LogP) is 1.60. The Morgan fingerprint density at radius 1 is 1.48 bits per heavy atom. The minimum absolute atomic E-state index is 0.0793. The van der Waals surface area contributed by atoms with Crippen LogP contribution in [0.1, 0.15) is 41.1 Å². The van der Waals surface area contributed by atoms with Gasteiger partial charge in [-0.1, -0.05) is 5.16 Å². The van der Waals surface area contributed by atoms with Crippen molar-refractivity contribution in [3.63, 3.8) is 0 Å². The van der Waals surface area contributed by atoms with Crippen LogP contribution in [0.2, 0.25) is 0 Å². The molecular weight excluding hydrogens is 318 g/mol. The molecule has 3 aromatic heterocycles. The zero-order valence-electron chi connectivity index (χ0n) is 12.3. The van der Waals surface area contributed by atoms with E-state index in [9.17, 15) is 4.79 Å². The van der Waals surface area contributed by atoms with Gasteiger partial charge in [0.15, 0.2) is 10.8 Å². The van der Waals surface area contributed by atoms with E-state index >= 15 is 0 Å². The van der Waals surface area contributed by atoms with Crippen LogP contribution < -0.4 is 5.32 Å². The van der Waals surface area contributed by atoms with E-state index in [0.29, 0.717) is 30.4 Å². The topological polar surface area (TPSA) is 94.5 Å². The second-order valence-corrected chi connectivity index (χ2v) is 6.15. The van der Waals surface area contributed by atoms with Gasteiger partial charge in [-0.15, -0.1) is 11.3 Å². The summed E-state index contributed by atoms with van der Waals surface area (Å²) in [5.41, 5.74) is 0.407. The fourth-order valence-electron chi connectivity index (χ4n) is 2.49. The van der Waals surface area contributed by atoms with E-state index in [1.54, 1.807) is 6.20 Å². The lowest BCUT2D eigenvalue weighted by atomic mass is 10.2. The SMILES string of the molecule is O=C(NCCc1noc([C@@H]2CCCO2)n1)c1cn2ccsc2n1. The summed E-state index contributed by atoms with van der Waals surface area (Å²) >= 11 is 1.49. The van der Waals surface area contributed by atoms with Crippen molar-refractivity contribution in [2.45, 2.75) is 25.4 Å². The van der Waals surface area contributed by atoms with Gasteiger partial charge in [-0.05, 0) is 12.8 Å². The molecule has 23 heavy (non-hydrogen) atoms. The quantitative estimate of drug-likeness (QED) is 0.762. The average molecular weight is 333 g/mol. The van der Waals surface area contributed by atoms with Crippen LogP contribution >= 0.6 is 11.3 Å². The molecule has 3 aromatic rings. The summed E-state index contributed by atoms with van der Waals surface area (Å²) in [7, 11) is 0. The Morgan fingerprint density at radius 2 is 2.43 bits per heavy atom. The smallest absolute Gasteiger partial charge is 0.271 e. The predicted molar refractivity (Wildman–Crippen MR) is 81.3 cm³/mol. The molecule has 120 valence electrons. The van der Waals surface area contributed by atoms with Crippen LogP contribution in [-0.4, -0.2) is 38.6 Å². The van der Waals surface area contributed by atoms with Crippen molar-refractivity contribution >= 4 is 22.2 Å². The Balaban J connectivity index is 1.31. The maximum Gasteiger partial charge on any atom is 0.271 e. The number of aromatic nitrogens is 4. The molecule has 4 rings (SSSR count). The van der Waals surface area contributed by atoms with Gasteiger partial charge < -0.3 is 14.6 Å². The first-order valence-electron chi connectivity index (χ1n) is 7.44. The lowest BCUT2D eigenvalue weighted by Gasteiger charge is -2.01. The van der Waals surface area contributed by atoms with Crippen molar-refractivity contribution in [3.05, 3.63) is 35.2 Å². The van der Waals surface area contributed by atoms with Gasteiger partial charge in [-0.3, -0.25) is 9.20 Å². The molecule has 9 heteroatoms. The zero-order valence-corrected chi connectivity index (χ0v) is 13.1. The van der Waals surface area contributed by atoms with Crippen molar-refractivity contribution in [3.8, 4) is 0 Å². The molecule has 0 aromatic carbocycles. The molecule has 0 saturated carbocycles. The third-order valence-corrected chi connectivity index (χ3v) is 4.42. The third-order valence-electron chi connectivity index (χ3n) is 3.65. The van der Waals surface area contributed by atoms with E-state index in [1.165, 1.54) is 11.3 Å². The van der Waals surface area contributed by atoms with E-state index in [4.69, 9.17) is 9.26 Å². The van der Waals surface area contributed by atoms with Crippen molar-refractivity contribution in [1.29, 1.82) is 0 Å². The molecule has 1 aliphatic rings.